The van der Waals surface area contributed by atoms with Crippen LogP contribution in [0.4, 0.5) is 0 Å². The van der Waals surface area contributed by atoms with Gasteiger partial charge in [-0.25, -0.2) is 4.79 Å². The fourth-order valence-electron chi connectivity index (χ4n) is 0.870. The van der Waals surface area contributed by atoms with Gasteiger partial charge in [0.25, 0.3) is 0 Å². The molecule has 0 aliphatic rings. The van der Waals surface area contributed by atoms with Gasteiger partial charge < -0.3 is 9.84 Å². The molecule has 0 radical (unpaired) electrons. The molecule has 0 bridgehead atoms. The molecule has 0 fully saturated rings. The van der Waals surface area contributed by atoms with E-state index < -0.39 is 11.6 Å². The highest BCUT2D eigenvalue weighted by molar-refractivity contribution is 5.81. The molecule has 0 aliphatic heterocycles. The fraction of sp³-hybridized carbons (Fsp3) is 0.667. The first kappa shape index (κ1) is 11.2. The van der Waals surface area contributed by atoms with Crippen molar-refractivity contribution in [2.24, 2.45) is 0 Å². The third-order valence-corrected chi connectivity index (χ3v) is 1.48. The average molecular weight is 172 g/mol. The van der Waals surface area contributed by atoms with Gasteiger partial charge in [-0.05, 0) is 26.7 Å². The minimum atomic E-state index is -0.506. The van der Waals surface area contributed by atoms with Crippen molar-refractivity contribution in [2.45, 2.75) is 32.3 Å². The van der Waals surface area contributed by atoms with Gasteiger partial charge in [0.15, 0.2) is 0 Å². The first-order valence-corrected chi connectivity index (χ1v) is 3.98. The van der Waals surface area contributed by atoms with Crippen LogP contribution in [0.15, 0.2) is 12.7 Å². The van der Waals surface area contributed by atoms with Gasteiger partial charge >= 0.3 is 5.97 Å². The number of hydrogen-bond donors (Lipinski definition) is 1. The highest BCUT2D eigenvalue weighted by Gasteiger charge is 2.20. The van der Waals surface area contributed by atoms with Gasteiger partial charge in [0.1, 0.15) is 5.60 Å². The van der Waals surface area contributed by atoms with E-state index in [1.54, 1.807) is 0 Å². The normalized spacial score (nSPS) is 10.9. The second-order valence-corrected chi connectivity index (χ2v) is 3.21. The summed E-state index contributed by atoms with van der Waals surface area (Å²) in [6.45, 7) is 7.04. The summed E-state index contributed by atoms with van der Waals surface area (Å²) in [5.41, 5.74) is -0.506. The molecule has 0 aliphatic carbocycles. The molecule has 0 aromatic rings. The third-order valence-electron chi connectivity index (χ3n) is 1.48. The van der Waals surface area contributed by atoms with Gasteiger partial charge in [0.05, 0.1) is 0 Å². The highest BCUT2D eigenvalue weighted by Crippen LogP contribution is 2.16. The molecule has 0 saturated carbocycles. The van der Waals surface area contributed by atoms with Crippen molar-refractivity contribution in [3.63, 3.8) is 0 Å². The van der Waals surface area contributed by atoms with E-state index in [0.29, 0.717) is 12.8 Å². The fourth-order valence-corrected chi connectivity index (χ4v) is 0.870. The quantitative estimate of drug-likeness (QED) is 0.501. The Kier molecular flexibility index (Phi) is 4.59. The lowest BCUT2D eigenvalue weighted by molar-refractivity contribution is -0.150. The molecule has 0 atom stereocenters. The van der Waals surface area contributed by atoms with Gasteiger partial charge in [-0.2, -0.15) is 0 Å². The first-order chi connectivity index (χ1) is 5.52. The van der Waals surface area contributed by atoms with Crippen molar-refractivity contribution >= 4 is 5.97 Å². The molecule has 0 spiro atoms. The van der Waals surface area contributed by atoms with Crippen LogP contribution in [0.1, 0.15) is 26.7 Å². The predicted molar refractivity (Wildman–Crippen MR) is 46.7 cm³/mol. The van der Waals surface area contributed by atoms with E-state index in [1.165, 1.54) is 0 Å². The minimum absolute atomic E-state index is 0.120. The number of aliphatic hydroxyl groups excluding tert-OH is 1. The molecule has 0 unspecified atom stereocenters. The summed E-state index contributed by atoms with van der Waals surface area (Å²) in [5, 5.41) is 8.56. The molecule has 1 N–H and O–H groups in total. The van der Waals surface area contributed by atoms with Gasteiger partial charge in [-0.3, -0.25) is 0 Å². The summed E-state index contributed by atoms with van der Waals surface area (Å²) in [6, 6.07) is 0. The van der Waals surface area contributed by atoms with Crippen LogP contribution in [0.5, 0.6) is 0 Å². The Labute approximate surface area is 73.0 Å². The molecule has 0 aromatic carbocycles. The zero-order valence-corrected chi connectivity index (χ0v) is 7.67. The van der Waals surface area contributed by atoms with Crippen LogP contribution in [0, 0.1) is 0 Å². The van der Waals surface area contributed by atoms with Gasteiger partial charge in [0, 0.05) is 12.7 Å². The highest BCUT2D eigenvalue weighted by atomic mass is 16.6. The van der Waals surface area contributed by atoms with E-state index in [-0.39, 0.29) is 6.61 Å². The number of aliphatic hydroxyl groups is 1. The molecular formula is C9H16O3. The van der Waals surface area contributed by atoms with Crippen molar-refractivity contribution in [2.75, 3.05) is 6.61 Å². The van der Waals surface area contributed by atoms with Crippen LogP contribution in [0.2, 0.25) is 0 Å². The van der Waals surface area contributed by atoms with Crippen molar-refractivity contribution in [1.82, 2.24) is 0 Å². The summed E-state index contributed by atoms with van der Waals surface area (Å²) in [6.07, 6.45) is 2.43. The Morgan fingerprint density at radius 2 is 2.25 bits per heavy atom. The van der Waals surface area contributed by atoms with E-state index in [9.17, 15) is 4.79 Å². The predicted octanol–water partition coefficient (Wildman–Crippen LogP) is 1.27. The standard InChI is InChI=1S/C9H16O3/c1-4-8(11)12-9(2,3)6-5-7-10/h4,10H,1,5-7H2,2-3H3. The van der Waals surface area contributed by atoms with Crippen molar-refractivity contribution in [3.8, 4) is 0 Å². The van der Waals surface area contributed by atoms with E-state index in [1.807, 2.05) is 13.8 Å². The summed E-state index contributed by atoms with van der Waals surface area (Å²) in [5.74, 6) is -0.419. The van der Waals surface area contributed by atoms with E-state index in [4.69, 9.17) is 9.84 Å². The molecule has 0 saturated heterocycles. The maximum Gasteiger partial charge on any atom is 0.330 e. The molecule has 0 aromatic heterocycles. The second-order valence-electron chi connectivity index (χ2n) is 3.21. The Bertz CT molecular complexity index is 161. The lowest BCUT2D eigenvalue weighted by atomic mass is 10.0. The van der Waals surface area contributed by atoms with Crippen molar-refractivity contribution in [3.05, 3.63) is 12.7 Å². The molecule has 0 amide bonds. The summed E-state index contributed by atoms with van der Waals surface area (Å²) < 4.78 is 5.02. The second kappa shape index (κ2) is 4.93. The Hall–Kier alpha value is -0.830. The maximum atomic E-state index is 10.8. The SMILES string of the molecule is C=CC(=O)OC(C)(C)CCCO. The third kappa shape index (κ3) is 4.91. The summed E-state index contributed by atoms with van der Waals surface area (Å²) in [4.78, 5) is 10.8. The van der Waals surface area contributed by atoms with Gasteiger partial charge in [-0.15, -0.1) is 0 Å². The number of esters is 1. The maximum absolute atomic E-state index is 10.8. The summed E-state index contributed by atoms with van der Waals surface area (Å²) in [7, 11) is 0. The van der Waals surface area contributed by atoms with Crippen LogP contribution in [-0.4, -0.2) is 23.3 Å². The molecule has 3 nitrogen and oxygen atoms in total. The lowest BCUT2D eigenvalue weighted by Crippen LogP contribution is -2.27. The van der Waals surface area contributed by atoms with Crippen molar-refractivity contribution < 1.29 is 14.6 Å². The topological polar surface area (TPSA) is 46.5 Å². The van der Waals surface area contributed by atoms with Crippen molar-refractivity contribution in [1.29, 1.82) is 0 Å². The van der Waals surface area contributed by atoms with E-state index in [2.05, 4.69) is 6.58 Å². The minimum Gasteiger partial charge on any atom is -0.457 e. The average Bonchev–Trinajstić information content (AvgIpc) is 2.00. The number of hydrogen-bond acceptors (Lipinski definition) is 3. The Morgan fingerprint density at radius 1 is 1.67 bits per heavy atom. The lowest BCUT2D eigenvalue weighted by Gasteiger charge is -2.23. The van der Waals surface area contributed by atoms with Gasteiger partial charge in [-0.1, -0.05) is 6.58 Å². The zero-order valence-electron chi connectivity index (χ0n) is 7.67. The van der Waals surface area contributed by atoms with Crippen LogP contribution in [-0.2, 0) is 9.53 Å². The number of rotatable bonds is 5. The van der Waals surface area contributed by atoms with E-state index in [0.717, 1.165) is 6.08 Å². The van der Waals surface area contributed by atoms with Gasteiger partial charge in [0.2, 0.25) is 0 Å². The Morgan fingerprint density at radius 3 is 2.67 bits per heavy atom. The number of ether oxygens (including phenoxy) is 1. The number of carbonyl (C=O) groups excluding carboxylic acids is 1. The van der Waals surface area contributed by atoms with Crippen LogP contribution in [0.25, 0.3) is 0 Å². The Balaban J connectivity index is 3.85. The summed E-state index contributed by atoms with van der Waals surface area (Å²) >= 11 is 0. The monoisotopic (exact) mass is 172 g/mol. The first-order valence-electron chi connectivity index (χ1n) is 3.98. The molecule has 0 rings (SSSR count). The molecular weight excluding hydrogens is 156 g/mol. The van der Waals surface area contributed by atoms with Crippen LogP contribution in [0.3, 0.4) is 0 Å². The zero-order chi connectivity index (χ0) is 9.61. The molecule has 12 heavy (non-hydrogen) atoms. The van der Waals surface area contributed by atoms with Crippen LogP contribution < -0.4 is 0 Å². The molecule has 3 heteroatoms. The molecule has 70 valence electrons. The van der Waals surface area contributed by atoms with Crippen LogP contribution >= 0.6 is 0 Å². The van der Waals surface area contributed by atoms with E-state index >= 15 is 0 Å². The number of carbonyl (C=O) groups is 1. The largest absolute Gasteiger partial charge is 0.457 e. The molecule has 0 heterocycles. The smallest absolute Gasteiger partial charge is 0.330 e.